The van der Waals surface area contributed by atoms with Crippen LogP contribution in [0.15, 0.2) is 87.8 Å². The van der Waals surface area contributed by atoms with Gasteiger partial charge in [0.05, 0.1) is 11.7 Å². The van der Waals surface area contributed by atoms with Gasteiger partial charge in [0.25, 0.3) is 0 Å². The minimum absolute atomic E-state index is 0.0644. The Morgan fingerprint density at radius 3 is 2.11 bits per heavy atom. The van der Waals surface area contributed by atoms with Crippen molar-refractivity contribution in [2.24, 2.45) is 0 Å². The van der Waals surface area contributed by atoms with Gasteiger partial charge in [0.15, 0.2) is 6.29 Å². The van der Waals surface area contributed by atoms with Gasteiger partial charge in [-0.15, -0.1) is 0 Å². The summed E-state index contributed by atoms with van der Waals surface area (Å²) in [5.74, 6) is 0. The molecule has 3 atom stereocenters. The Morgan fingerprint density at radius 2 is 1.44 bits per heavy atom. The maximum Gasteiger partial charge on any atom is 0.185 e. The van der Waals surface area contributed by atoms with Crippen LogP contribution in [0.25, 0.3) is 0 Å². The maximum absolute atomic E-state index is 6.53. The molecule has 138 valence electrons. The lowest BCUT2D eigenvalue weighted by molar-refractivity contribution is -0.290. The maximum atomic E-state index is 6.53. The van der Waals surface area contributed by atoms with Gasteiger partial charge in [-0.25, -0.2) is 0 Å². The van der Waals surface area contributed by atoms with Crippen LogP contribution in [0, 0.1) is 0 Å². The zero-order valence-corrected chi connectivity index (χ0v) is 18.1. The molecule has 0 spiro atoms. The predicted molar refractivity (Wildman–Crippen MR) is 114 cm³/mol. The summed E-state index contributed by atoms with van der Waals surface area (Å²) in [4.78, 5) is 0. The first-order chi connectivity index (χ1) is 13.0. The van der Waals surface area contributed by atoms with Crippen molar-refractivity contribution < 1.29 is 9.47 Å². The van der Waals surface area contributed by atoms with E-state index in [-0.39, 0.29) is 6.10 Å². The number of hydrogen-bond donors (Lipinski definition) is 0. The summed E-state index contributed by atoms with van der Waals surface area (Å²) in [5.41, 5.74) is 2.87. The molecule has 27 heavy (non-hydrogen) atoms. The highest BCUT2D eigenvalue weighted by Gasteiger charge is 2.41. The molecule has 3 aromatic carbocycles. The number of rotatable bonds is 3. The summed E-state index contributed by atoms with van der Waals surface area (Å²) in [5, 5.41) is 0. The van der Waals surface area contributed by atoms with E-state index in [9.17, 15) is 0 Å². The van der Waals surface area contributed by atoms with Gasteiger partial charge in [0.1, 0.15) is 0 Å². The average Bonchev–Trinajstić information content (AvgIpc) is 2.68. The van der Waals surface area contributed by atoms with Gasteiger partial charge in [0.2, 0.25) is 0 Å². The highest BCUT2D eigenvalue weighted by atomic mass is 79.9. The van der Waals surface area contributed by atoms with E-state index in [0.717, 1.165) is 32.1 Å². The third-order valence-corrected chi connectivity index (χ3v) is 5.94. The van der Waals surface area contributed by atoms with Crippen LogP contribution in [0.3, 0.4) is 0 Å². The number of ether oxygens (including phenoxy) is 2. The summed E-state index contributed by atoms with van der Waals surface area (Å²) in [6.07, 6.45) is 0.244. The van der Waals surface area contributed by atoms with E-state index in [1.165, 1.54) is 0 Å². The van der Waals surface area contributed by atoms with Gasteiger partial charge in [-0.3, -0.25) is 0 Å². The first kappa shape index (κ1) is 18.9. The molecule has 1 heterocycles. The van der Waals surface area contributed by atoms with E-state index < -0.39 is 11.9 Å². The molecule has 0 aliphatic carbocycles. The molecule has 3 aromatic rings. The van der Waals surface area contributed by atoms with Gasteiger partial charge in [-0.05, 0) is 42.3 Å². The first-order valence-electron chi connectivity index (χ1n) is 8.93. The van der Waals surface area contributed by atoms with Crippen molar-refractivity contribution in [3.05, 3.63) is 104 Å². The number of hydrogen-bond acceptors (Lipinski definition) is 2. The zero-order valence-electron chi connectivity index (χ0n) is 14.9. The zero-order chi connectivity index (χ0) is 18.9. The Bertz CT molecular complexity index is 873. The summed E-state index contributed by atoms with van der Waals surface area (Å²) in [6.45, 7) is 2.15. The standard InChI is InChI=1S/C23H20Br2O2/c1-23(18-9-3-2-4-10-18)15-21(16-7-5-11-19(24)13-16)26-22(27-23)17-8-6-12-20(25)14-17/h2-14,21-22H,15H2,1H3/t21-,22+,23+/m0/s1. The highest BCUT2D eigenvalue weighted by Crippen LogP contribution is 2.47. The lowest BCUT2D eigenvalue weighted by Crippen LogP contribution is -2.37. The molecule has 4 rings (SSSR count). The molecule has 0 bridgehead atoms. The highest BCUT2D eigenvalue weighted by molar-refractivity contribution is 9.10. The summed E-state index contributed by atoms with van der Waals surface area (Å²) in [6, 6.07) is 26.8. The first-order valence-corrected chi connectivity index (χ1v) is 10.5. The second kappa shape index (κ2) is 7.88. The van der Waals surface area contributed by atoms with Crippen molar-refractivity contribution in [2.45, 2.75) is 31.3 Å². The Balaban J connectivity index is 1.75. The van der Waals surface area contributed by atoms with Gasteiger partial charge in [0, 0.05) is 20.9 Å². The van der Waals surface area contributed by atoms with E-state index in [0.29, 0.717) is 0 Å². The molecule has 1 fully saturated rings. The van der Waals surface area contributed by atoms with Crippen LogP contribution in [0.1, 0.15) is 42.4 Å². The fourth-order valence-corrected chi connectivity index (χ4v) is 4.38. The topological polar surface area (TPSA) is 18.5 Å². The fourth-order valence-electron chi connectivity index (χ4n) is 3.54. The quantitative estimate of drug-likeness (QED) is 0.385. The van der Waals surface area contributed by atoms with Crippen LogP contribution < -0.4 is 0 Å². The molecule has 0 saturated carbocycles. The van der Waals surface area contributed by atoms with Gasteiger partial charge >= 0.3 is 0 Å². The van der Waals surface area contributed by atoms with Crippen molar-refractivity contribution in [3.8, 4) is 0 Å². The Morgan fingerprint density at radius 1 is 0.815 bits per heavy atom. The van der Waals surface area contributed by atoms with Gasteiger partial charge < -0.3 is 9.47 Å². The Hall–Kier alpha value is -1.46. The second-order valence-electron chi connectivity index (χ2n) is 6.99. The van der Waals surface area contributed by atoms with E-state index in [1.54, 1.807) is 0 Å². The van der Waals surface area contributed by atoms with E-state index in [2.05, 4.69) is 81.2 Å². The SMILES string of the molecule is C[C@]1(c2ccccc2)C[C@@H](c2cccc(Br)c2)O[C@@H](c2cccc(Br)c2)O1. The lowest BCUT2D eigenvalue weighted by atomic mass is 9.86. The molecule has 0 unspecified atom stereocenters. The van der Waals surface area contributed by atoms with Crippen LogP contribution in [0.2, 0.25) is 0 Å². The molecule has 4 heteroatoms. The van der Waals surface area contributed by atoms with Crippen LogP contribution in [-0.2, 0) is 15.1 Å². The van der Waals surface area contributed by atoms with Crippen LogP contribution in [0.5, 0.6) is 0 Å². The van der Waals surface area contributed by atoms with Crippen LogP contribution in [0.4, 0.5) is 0 Å². The lowest BCUT2D eigenvalue weighted by Gasteiger charge is -2.43. The smallest absolute Gasteiger partial charge is 0.185 e. The number of benzene rings is 3. The van der Waals surface area contributed by atoms with Crippen molar-refractivity contribution in [3.63, 3.8) is 0 Å². The normalized spacial score (nSPS) is 25.3. The monoisotopic (exact) mass is 486 g/mol. The average molecular weight is 488 g/mol. The molecule has 0 N–H and O–H groups in total. The number of halogens is 2. The molecular weight excluding hydrogens is 468 g/mol. The van der Waals surface area contributed by atoms with Gasteiger partial charge in [-0.2, -0.15) is 0 Å². The Labute approximate surface area is 176 Å². The molecule has 0 aromatic heterocycles. The van der Waals surface area contributed by atoms with Crippen molar-refractivity contribution in [1.82, 2.24) is 0 Å². The summed E-state index contributed by atoms with van der Waals surface area (Å²) < 4.78 is 15.0. The van der Waals surface area contributed by atoms with E-state index in [1.807, 2.05) is 36.4 Å². The molecule has 0 radical (unpaired) electrons. The van der Waals surface area contributed by atoms with Gasteiger partial charge in [-0.1, -0.05) is 86.5 Å². The van der Waals surface area contributed by atoms with E-state index in [4.69, 9.17) is 9.47 Å². The largest absolute Gasteiger partial charge is 0.340 e. The van der Waals surface area contributed by atoms with Crippen LogP contribution in [-0.4, -0.2) is 0 Å². The fraction of sp³-hybridized carbons (Fsp3) is 0.217. The minimum atomic E-state index is -0.445. The summed E-state index contributed by atoms with van der Waals surface area (Å²) >= 11 is 7.13. The van der Waals surface area contributed by atoms with E-state index >= 15 is 0 Å². The second-order valence-corrected chi connectivity index (χ2v) is 8.82. The predicted octanol–water partition coefficient (Wildman–Crippen LogP) is 7.30. The molecule has 1 aliphatic heterocycles. The van der Waals surface area contributed by atoms with Crippen molar-refractivity contribution in [1.29, 1.82) is 0 Å². The molecule has 1 saturated heterocycles. The minimum Gasteiger partial charge on any atom is -0.340 e. The third kappa shape index (κ3) is 4.19. The molecular formula is C23H20Br2O2. The molecule has 2 nitrogen and oxygen atoms in total. The Kier molecular flexibility index (Phi) is 5.51. The third-order valence-electron chi connectivity index (χ3n) is 4.96. The molecule has 0 amide bonds. The molecule has 1 aliphatic rings. The van der Waals surface area contributed by atoms with Crippen LogP contribution >= 0.6 is 31.9 Å². The van der Waals surface area contributed by atoms with Crippen molar-refractivity contribution in [2.75, 3.05) is 0 Å². The van der Waals surface area contributed by atoms with Crippen molar-refractivity contribution >= 4 is 31.9 Å². The summed E-state index contributed by atoms with van der Waals surface area (Å²) in [7, 11) is 0.